The second kappa shape index (κ2) is 6.21. The van der Waals surface area contributed by atoms with Crippen molar-refractivity contribution < 1.29 is 14.6 Å². The summed E-state index contributed by atoms with van der Waals surface area (Å²) in [5, 5.41) is 10.6. The summed E-state index contributed by atoms with van der Waals surface area (Å²) in [7, 11) is 0. The van der Waals surface area contributed by atoms with Gasteiger partial charge < -0.3 is 19.7 Å². The number of H-pyrrole nitrogens is 1. The first-order chi connectivity index (χ1) is 11.1. The van der Waals surface area contributed by atoms with E-state index in [4.69, 9.17) is 4.74 Å². The summed E-state index contributed by atoms with van der Waals surface area (Å²) in [6.07, 6.45) is 2.86. The number of hydrogen-bond acceptors (Lipinski definition) is 5. The van der Waals surface area contributed by atoms with Crippen molar-refractivity contribution in [2.24, 2.45) is 0 Å². The van der Waals surface area contributed by atoms with Crippen LogP contribution in [0.15, 0.2) is 47.7 Å². The molecule has 1 saturated heterocycles. The zero-order valence-electron chi connectivity index (χ0n) is 12.4. The van der Waals surface area contributed by atoms with Crippen molar-refractivity contribution in [3.8, 4) is 5.75 Å². The van der Waals surface area contributed by atoms with E-state index >= 15 is 0 Å². The predicted molar refractivity (Wildman–Crippen MR) is 82.3 cm³/mol. The maximum atomic E-state index is 12.3. The SMILES string of the molecule is O=C(c1cnc[nH]c1=O)N1CC[C@@](O)(COc2ccccc2)C1. The first kappa shape index (κ1) is 15.2. The Bertz CT molecular complexity index is 746. The minimum Gasteiger partial charge on any atom is -0.491 e. The Balaban J connectivity index is 1.64. The summed E-state index contributed by atoms with van der Waals surface area (Å²) < 4.78 is 5.58. The molecule has 1 aromatic heterocycles. The monoisotopic (exact) mass is 315 g/mol. The van der Waals surface area contributed by atoms with Crippen LogP contribution in [0.25, 0.3) is 0 Å². The first-order valence-corrected chi connectivity index (χ1v) is 7.30. The Kier molecular flexibility index (Phi) is 4.12. The molecular weight excluding hydrogens is 298 g/mol. The molecule has 7 heteroatoms. The van der Waals surface area contributed by atoms with Crippen LogP contribution < -0.4 is 10.3 Å². The number of benzene rings is 1. The Labute approximate surface area is 132 Å². The summed E-state index contributed by atoms with van der Waals surface area (Å²) in [6, 6.07) is 9.17. The van der Waals surface area contributed by atoms with Gasteiger partial charge in [-0.05, 0) is 18.6 Å². The number of nitrogens with one attached hydrogen (secondary N) is 1. The lowest BCUT2D eigenvalue weighted by atomic mass is 10.1. The summed E-state index contributed by atoms with van der Waals surface area (Å²) in [6.45, 7) is 0.568. The lowest BCUT2D eigenvalue weighted by Gasteiger charge is -2.23. The molecule has 7 nitrogen and oxygen atoms in total. The second-order valence-corrected chi connectivity index (χ2v) is 5.60. The molecule has 1 atom stereocenters. The van der Waals surface area contributed by atoms with Crippen LogP contribution in [-0.4, -0.2) is 51.2 Å². The summed E-state index contributed by atoms with van der Waals surface area (Å²) >= 11 is 0. The van der Waals surface area contributed by atoms with Crippen molar-refractivity contribution >= 4 is 5.91 Å². The van der Waals surface area contributed by atoms with Crippen molar-refractivity contribution in [1.29, 1.82) is 0 Å². The van der Waals surface area contributed by atoms with Crippen molar-refractivity contribution in [3.63, 3.8) is 0 Å². The van der Waals surface area contributed by atoms with Gasteiger partial charge in [-0.1, -0.05) is 18.2 Å². The molecule has 0 spiro atoms. The van der Waals surface area contributed by atoms with E-state index in [1.165, 1.54) is 17.4 Å². The molecule has 0 saturated carbocycles. The smallest absolute Gasteiger partial charge is 0.263 e. The van der Waals surface area contributed by atoms with Gasteiger partial charge >= 0.3 is 0 Å². The third-order valence-corrected chi connectivity index (χ3v) is 3.82. The molecule has 3 rings (SSSR count). The van der Waals surface area contributed by atoms with Crippen LogP contribution in [0.5, 0.6) is 5.75 Å². The number of ether oxygens (including phenoxy) is 1. The molecule has 1 fully saturated rings. The number of aromatic nitrogens is 2. The largest absolute Gasteiger partial charge is 0.491 e. The van der Waals surface area contributed by atoms with E-state index in [9.17, 15) is 14.7 Å². The van der Waals surface area contributed by atoms with Gasteiger partial charge in [0.05, 0.1) is 12.9 Å². The van der Waals surface area contributed by atoms with E-state index in [0.29, 0.717) is 18.7 Å². The van der Waals surface area contributed by atoms with Crippen LogP contribution >= 0.6 is 0 Å². The van der Waals surface area contributed by atoms with Gasteiger partial charge in [-0.2, -0.15) is 0 Å². The number of amides is 1. The lowest BCUT2D eigenvalue weighted by Crippen LogP contribution is -2.41. The molecule has 1 aromatic carbocycles. The number of para-hydroxylation sites is 1. The van der Waals surface area contributed by atoms with Gasteiger partial charge in [0.15, 0.2) is 0 Å². The van der Waals surface area contributed by atoms with Crippen LogP contribution in [0, 0.1) is 0 Å². The number of hydrogen-bond donors (Lipinski definition) is 2. The highest BCUT2D eigenvalue weighted by atomic mass is 16.5. The number of likely N-dealkylation sites (tertiary alicyclic amines) is 1. The van der Waals surface area contributed by atoms with Crippen LogP contribution in [0.3, 0.4) is 0 Å². The summed E-state index contributed by atoms with van der Waals surface area (Å²) in [5.74, 6) is 0.226. The number of aromatic amines is 1. The zero-order chi connectivity index (χ0) is 16.3. The quantitative estimate of drug-likeness (QED) is 0.853. The highest BCUT2D eigenvalue weighted by Crippen LogP contribution is 2.23. The van der Waals surface area contributed by atoms with Gasteiger partial charge in [-0.3, -0.25) is 9.59 Å². The molecule has 120 valence electrons. The minimum atomic E-state index is -1.12. The van der Waals surface area contributed by atoms with E-state index in [2.05, 4.69) is 9.97 Å². The van der Waals surface area contributed by atoms with E-state index in [0.717, 1.165) is 0 Å². The third kappa shape index (κ3) is 3.40. The lowest BCUT2D eigenvalue weighted by molar-refractivity contribution is 0.00428. The van der Waals surface area contributed by atoms with E-state index in [1.54, 1.807) is 12.1 Å². The molecule has 0 unspecified atom stereocenters. The van der Waals surface area contributed by atoms with Gasteiger partial charge in [0.2, 0.25) is 0 Å². The number of aliphatic hydroxyl groups is 1. The van der Waals surface area contributed by atoms with Gasteiger partial charge in [0.25, 0.3) is 11.5 Å². The molecule has 23 heavy (non-hydrogen) atoms. The maximum Gasteiger partial charge on any atom is 0.263 e. The third-order valence-electron chi connectivity index (χ3n) is 3.82. The Hall–Kier alpha value is -2.67. The molecule has 0 aliphatic carbocycles. The fraction of sp³-hybridized carbons (Fsp3) is 0.312. The van der Waals surface area contributed by atoms with Crippen LogP contribution in [0.4, 0.5) is 0 Å². The van der Waals surface area contributed by atoms with Crippen molar-refractivity contribution in [1.82, 2.24) is 14.9 Å². The van der Waals surface area contributed by atoms with Crippen LogP contribution in [-0.2, 0) is 0 Å². The van der Waals surface area contributed by atoms with E-state index in [-0.39, 0.29) is 18.7 Å². The standard InChI is InChI=1S/C16H17N3O4/c20-14-13(8-17-11-18-14)15(21)19-7-6-16(22,9-19)10-23-12-4-2-1-3-5-12/h1-5,8,11,22H,6-7,9-10H2,(H,17,18,20)/t16-/m0/s1. The fourth-order valence-corrected chi connectivity index (χ4v) is 2.55. The van der Waals surface area contributed by atoms with Gasteiger partial charge in [-0.25, -0.2) is 4.98 Å². The Morgan fingerprint density at radius 1 is 1.39 bits per heavy atom. The fourth-order valence-electron chi connectivity index (χ4n) is 2.55. The molecule has 2 heterocycles. The Morgan fingerprint density at radius 2 is 2.17 bits per heavy atom. The predicted octanol–water partition coefficient (Wildman–Crippen LogP) is 0.426. The average Bonchev–Trinajstić information content (AvgIpc) is 2.97. The molecule has 1 amide bonds. The number of β-amino-alcohol motifs (C(OH)–C–C–N with tert-alkyl or cyclic N) is 1. The Morgan fingerprint density at radius 3 is 2.91 bits per heavy atom. The number of carbonyl (C=O) groups excluding carboxylic acids is 1. The first-order valence-electron chi connectivity index (χ1n) is 7.30. The average molecular weight is 315 g/mol. The molecular formula is C16H17N3O4. The summed E-state index contributed by atoms with van der Waals surface area (Å²) in [5.41, 5.74) is -1.64. The number of carbonyl (C=O) groups is 1. The van der Waals surface area contributed by atoms with Gasteiger partial charge in [-0.15, -0.1) is 0 Å². The van der Waals surface area contributed by atoms with Crippen LogP contribution in [0.1, 0.15) is 16.8 Å². The number of nitrogens with zero attached hydrogens (tertiary/aromatic N) is 2. The second-order valence-electron chi connectivity index (χ2n) is 5.60. The van der Waals surface area contributed by atoms with Crippen molar-refractivity contribution in [2.75, 3.05) is 19.7 Å². The molecule has 2 aromatic rings. The maximum absolute atomic E-state index is 12.3. The molecule has 0 radical (unpaired) electrons. The van der Waals surface area contributed by atoms with Gasteiger partial charge in [0.1, 0.15) is 23.5 Å². The van der Waals surface area contributed by atoms with E-state index < -0.39 is 17.1 Å². The minimum absolute atomic E-state index is 0.0271. The van der Waals surface area contributed by atoms with Crippen LogP contribution in [0.2, 0.25) is 0 Å². The van der Waals surface area contributed by atoms with Gasteiger partial charge in [0, 0.05) is 12.7 Å². The highest BCUT2D eigenvalue weighted by Gasteiger charge is 2.39. The number of rotatable bonds is 4. The normalized spacial score (nSPS) is 20.5. The molecule has 2 N–H and O–H groups in total. The molecule has 0 bridgehead atoms. The zero-order valence-corrected chi connectivity index (χ0v) is 12.4. The summed E-state index contributed by atoms with van der Waals surface area (Å²) in [4.78, 5) is 31.6. The topological polar surface area (TPSA) is 95.5 Å². The van der Waals surface area contributed by atoms with Crippen molar-refractivity contribution in [2.45, 2.75) is 12.0 Å². The highest BCUT2D eigenvalue weighted by molar-refractivity contribution is 5.93. The molecule has 1 aliphatic rings. The van der Waals surface area contributed by atoms with E-state index in [1.807, 2.05) is 18.2 Å². The molecule has 1 aliphatic heterocycles. The van der Waals surface area contributed by atoms with Crippen molar-refractivity contribution in [3.05, 3.63) is 58.8 Å².